The minimum atomic E-state index is -0.772. The van der Waals surface area contributed by atoms with E-state index < -0.39 is 12.1 Å². The van der Waals surface area contributed by atoms with Crippen LogP contribution in [-0.2, 0) is 14.3 Å². The van der Waals surface area contributed by atoms with Crippen LogP contribution in [0.25, 0.3) is 11.1 Å². The predicted molar refractivity (Wildman–Crippen MR) is 128 cm³/mol. The van der Waals surface area contributed by atoms with Crippen LogP contribution >= 0.6 is 0 Å². The molecule has 0 heterocycles. The zero-order valence-corrected chi connectivity index (χ0v) is 19.3. The van der Waals surface area contributed by atoms with Gasteiger partial charge in [0.05, 0.1) is 5.92 Å². The number of hydrogen-bond acceptors (Lipinski definition) is 4. The molecule has 2 aromatic carbocycles. The zero-order chi connectivity index (χ0) is 23.9. The summed E-state index contributed by atoms with van der Waals surface area (Å²) in [5, 5.41) is 14.9. The van der Waals surface area contributed by atoms with E-state index in [1.165, 1.54) is 11.1 Å². The Bertz CT molecular complexity index is 992. The summed E-state index contributed by atoms with van der Waals surface area (Å²) in [5.41, 5.74) is 4.69. The molecule has 1 fully saturated rings. The number of carbonyl (C=O) groups excluding carboxylic acids is 2. The molecule has 2 amide bonds. The van der Waals surface area contributed by atoms with Crippen molar-refractivity contribution in [2.75, 3.05) is 19.7 Å². The van der Waals surface area contributed by atoms with Gasteiger partial charge in [0.2, 0.25) is 5.91 Å². The van der Waals surface area contributed by atoms with Gasteiger partial charge in [-0.05, 0) is 47.4 Å². The van der Waals surface area contributed by atoms with Crippen molar-refractivity contribution >= 4 is 18.0 Å². The van der Waals surface area contributed by atoms with Crippen LogP contribution in [0.15, 0.2) is 48.5 Å². The van der Waals surface area contributed by atoms with Crippen molar-refractivity contribution in [2.45, 2.75) is 44.4 Å². The summed E-state index contributed by atoms with van der Waals surface area (Å²) in [5.74, 6) is -1.26. The maximum absolute atomic E-state index is 12.2. The van der Waals surface area contributed by atoms with Crippen molar-refractivity contribution in [1.29, 1.82) is 0 Å². The van der Waals surface area contributed by atoms with Gasteiger partial charge in [-0.1, -0.05) is 61.4 Å². The number of nitrogens with one attached hydrogen (secondary N) is 2. The molecule has 4 rings (SSSR count). The predicted octanol–water partition coefficient (Wildman–Crippen LogP) is 4.31. The Morgan fingerprint density at radius 2 is 1.56 bits per heavy atom. The number of alkyl carbamates (subject to hydrolysis) is 1. The topological polar surface area (TPSA) is 105 Å². The number of carboxylic acids is 1. The molecule has 2 unspecified atom stereocenters. The first kappa shape index (κ1) is 23.8. The van der Waals surface area contributed by atoms with Crippen molar-refractivity contribution in [1.82, 2.24) is 10.6 Å². The van der Waals surface area contributed by atoms with Gasteiger partial charge < -0.3 is 20.5 Å². The van der Waals surface area contributed by atoms with Gasteiger partial charge in [0.15, 0.2) is 0 Å². The molecule has 0 saturated heterocycles. The SMILES string of the molecule is O=C(CCCNC(=O)OCC1c2ccccc2-c2ccccc21)NCC1CCCCC1C(=O)O. The van der Waals surface area contributed by atoms with Gasteiger partial charge in [-0.2, -0.15) is 0 Å². The number of amides is 2. The van der Waals surface area contributed by atoms with Crippen LogP contribution in [-0.4, -0.2) is 42.8 Å². The molecular formula is C27H32N2O5. The summed E-state index contributed by atoms with van der Waals surface area (Å²) in [4.78, 5) is 35.7. The molecule has 34 heavy (non-hydrogen) atoms. The molecule has 2 aliphatic carbocycles. The van der Waals surface area contributed by atoms with Crippen LogP contribution in [0, 0.1) is 11.8 Å². The lowest BCUT2D eigenvalue weighted by molar-refractivity contribution is -0.145. The number of ether oxygens (including phenoxy) is 1. The van der Waals surface area contributed by atoms with Gasteiger partial charge in [-0.25, -0.2) is 4.79 Å². The minimum absolute atomic E-state index is 0.00542. The van der Waals surface area contributed by atoms with E-state index in [0.717, 1.165) is 30.4 Å². The Kier molecular flexibility index (Phi) is 7.83. The lowest BCUT2D eigenvalue weighted by Gasteiger charge is -2.28. The fraction of sp³-hybridized carbons (Fsp3) is 0.444. The maximum atomic E-state index is 12.2. The lowest BCUT2D eigenvalue weighted by atomic mass is 9.79. The van der Waals surface area contributed by atoms with E-state index in [1.807, 2.05) is 24.3 Å². The summed E-state index contributed by atoms with van der Waals surface area (Å²) in [6.07, 6.45) is 3.73. The van der Waals surface area contributed by atoms with Crippen LogP contribution in [0.4, 0.5) is 4.79 Å². The average molecular weight is 465 g/mol. The second-order valence-corrected chi connectivity index (χ2v) is 9.15. The first-order chi connectivity index (χ1) is 16.5. The first-order valence-corrected chi connectivity index (χ1v) is 12.1. The van der Waals surface area contributed by atoms with E-state index in [-0.39, 0.29) is 36.7 Å². The third-order valence-corrected chi connectivity index (χ3v) is 6.98. The summed E-state index contributed by atoms with van der Waals surface area (Å²) in [7, 11) is 0. The van der Waals surface area contributed by atoms with Gasteiger partial charge >= 0.3 is 12.1 Å². The van der Waals surface area contributed by atoms with Crippen LogP contribution in [0.5, 0.6) is 0 Å². The van der Waals surface area contributed by atoms with Crippen LogP contribution in [0.2, 0.25) is 0 Å². The molecule has 0 aromatic heterocycles. The summed E-state index contributed by atoms with van der Waals surface area (Å²) >= 11 is 0. The van der Waals surface area contributed by atoms with Crippen LogP contribution < -0.4 is 10.6 Å². The van der Waals surface area contributed by atoms with E-state index in [9.17, 15) is 19.5 Å². The van der Waals surface area contributed by atoms with Crippen LogP contribution in [0.1, 0.15) is 55.6 Å². The van der Waals surface area contributed by atoms with Gasteiger partial charge in [0.1, 0.15) is 6.61 Å². The Balaban J connectivity index is 1.16. The highest BCUT2D eigenvalue weighted by molar-refractivity contribution is 5.79. The molecule has 0 bridgehead atoms. The number of fused-ring (bicyclic) bond motifs is 3. The molecular weight excluding hydrogens is 432 g/mol. The van der Waals surface area contributed by atoms with Gasteiger partial charge in [-0.3, -0.25) is 9.59 Å². The van der Waals surface area contributed by atoms with Gasteiger partial charge in [-0.15, -0.1) is 0 Å². The summed E-state index contributed by atoms with van der Waals surface area (Å²) in [6, 6.07) is 16.4. The smallest absolute Gasteiger partial charge is 0.407 e. The van der Waals surface area contributed by atoms with E-state index in [4.69, 9.17) is 4.74 Å². The maximum Gasteiger partial charge on any atom is 0.407 e. The lowest BCUT2D eigenvalue weighted by Crippen LogP contribution is -2.37. The van der Waals surface area contributed by atoms with Crippen molar-refractivity contribution in [3.8, 4) is 11.1 Å². The molecule has 0 spiro atoms. The molecule has 2 atom stereocenters. The Hall–Kier alpha value is -3.35. The fourth-order valence-electron chi connectivity index (χ4n) is 5.20. The highest BCUT2D eigenvalue weighted by Gasteiger charge is 2.31. The number of aliphatic carboxylic acids is 1. The van der Waals surface area contributed by atoms with Crippen molar-refractivity contribution in [3.63, 3.8) is 0 Å². The van der Waals surface area contributed by atoms with Crippen LogP contribution in [0.3, 0.4) is 0 Å². The van der Waals surface area contributed by atoms with E-state index in [1.54, 1.807) is 0 Å². The molecule has 1 saturated carbocycles. The molecule has 180 valence electrons. The molecule has 2 aliphatic rings. The number of benzene rings is 2. The molecule has 7 heteroatoms. The van der Waals surface area contributed by atoms with E-state index in [0.29, 0.717) is 25.9 Å². The van der Waals surface area contributed by atoms with Gasteiger partial charge in [0, 0.05) is 25.4 Å². The highest BCUT2D eigenvalue weighted by Crippen LogP contribution is 2.44. The van der Waals surface area contributed by atoms with Crippen molar-refractivity contribution in [3.05, 3.63) is 59.7 Å². The summed E-state index contributed by atoms with van der Waals surface area (Å²) < 4.78 is 5.50. The molecule has 3 N–H and O–H groups in total. The fourth-order valence-corrected chi connectivity index (χ4v) is 5.20. The largest absolute Gasteiger partial charge is 0.481 e. The third kappa shape index (κ3) is 5.58. The minimum Gasteiger partial charge on any atom is -0.481 e. The standard InChI is InChI=1S/C27H32N2O5/c30-25(29-16-18-8-1-2-9-19(18)26(31)32)14-7-15-28-27(33)34-17-24-22-12-5-3-10-20(22)21-11-4-6-13-23(21)24/h3-6,10-13,18-19,24H,1-2,7-9,14-17H2,(H,28,33)(H,29,30)(H,31,32). The third-order valence-electron chi connectivity index (χ3n) is 6.98. The second kappa shape index (κ2) is 11.2. The molecule has 0 radical (unpaired) electrons. The summed E-state index contributed by atoms with van der Waals surface area (Å²) in [6.45, 7) is 0.993. The Morgan fingerprint density at radius 1 is 0.912 bits per heavy atom. The number of hydrogen-bond donors (Lipinski definition) is 3. The van der Waals surface area contributed by atoms with E-state index in [2.05, 4.69) is 34.9 Å². The molecule has 7 nitrogen and oxygen atoms in total. The number of rotatable bonds is 9. The van der Waals surface area contributed by atoms with Crippen molar-refractivity contribution < 1.29 is 24.2 Å². The monoisotopic (exact) mass is 464 g/mol. The quantitative estimate of drug-likeness (QED) is 0.480. The van der Waals surface area contributed by atoms with Gasteiger partial charge in [0.25, 0.3) is 0 Å². The zero-order valence-electron chi connectivity index (χ0n) is 19.3. The Labute approximate surface area is 199 Å². The Morgan fingerprint density at radius 3 is 2.24 bits per heavy atom. The highest BCUT2D eigenvalue weighted by atomic mass is 16.5. The second-order valence-electron chi connectivity index (χ2n) is 9.15. The number of carboxylic acid groups (broad SMARTS) is 1. The van der Waals surface area contributed by atoms with Crippen molar-refractivity contribution in [2.24, 2.45) is 11.8 Å². The normalized spacial score (nSPS) is 19.1. The average Bonchev–Trinajstić information content (AvgIpc) is 3.18. The first-order valence-electron chi connectivity index (χ1n) is 12.1. The molecule has 2 aromatic rings. The molecule has 0 aliphatic heterocycles. The number of carbonyl (C=O) groups is 3. The van der Waals surface area contributed by atoms with E-state index >= 15 is 0 Å².